The molecule has 2 unspecified atom stereocenters. The van der Waals surface area contributed by atoms with Crippen LogP contribution >= 0.6 is 0 Å². The van der Waals surface area contributed by atoms with Crippen molar-refractivity contribution in [3.05, 3.63) is 24.3 Å². The van der Waals surface area contributed by atoms with Gasteiger partial charge in [-0.1, -0.05) is 167 Å². The van der Waals surface area contributed by atoms with Crippen LogP contribution in [0.3, 0.4) is 0 Å². The summed E-state index contributed by atoms with van der Waals surface area (Å²) in [5.74, 6) is -2.02. The first-order valence-electron chi connectivity index (χ1n) is 23.0. The van der Waals surface area contributed by atoms with Gasteiger partial charge in [-0.05, 0) is 44.9 Å². The number of nitrogens with zero attached hydrogens (tertiary/aromatic N) is 1. The van der Waals surface area contributed by atoms with Gasteiger partial charge in [-0.3, -0.25) is 9.59 Å². The van der Waals surface area contributed by atoms with Crippen LogP contribution in [0.4, 0.5) is 0 Å². The Morgan fingerprint density at radius 3 is 1.45 bits per heavy atom. The van der Waals surface area contributed by atoms with Crippen LogP contribution in [0.15, 0.2) is 24.3 Å². The first-order chi connectivity index (χ1) is 27.1. The zero-order valence-corrected chi connectivity index (χ0v) is 37.1. The number of carbonyl (C=O) groups excluding carboxylic acids is 2. The van der Waals surface area contributed by atoms with Gasteiger partial charge in [0.05, 0.1) is 34.4 Å². The largest absolute Gasteiger partial charge is 0.477 e. The predicted molar refractivity (Wildman–Crippen MR) is 231 cm³/mol. The van der Waals surface area contributed by atoms with E-state index in [9.17, 15) is 19.5 Å². The Morgan fingerprint density at radius 2 is 0.964 bits per heavy atom. The van der Waals surface area contributed by atoms with Gasteiger partial charge in [0.2, 0.25) is 0 Å². The molecule has 0 aromatic carbocycles. The van der Waals surface area contributed by atoms with Crippen LogP contribution in [0.25, 0.3) is 0 Å². The van der Waals surface area contributed by atoms with Crippen molar-refractivity contribution in [2.75, 3.05) is 47.5 Å². The van der Waals surface area contributed by atoms with Gasteiger partial charge in [0.15, 0.2) is 6.10 Å². The fourth-order valence-electron chi connectivity index (χ4n) is 6.34. The minimum atomic E-state index is -1.51. The topological polar surface area (TPSA) is 108 Å². The van der Waals surface area contributed by atoms with Crippen molar-refractivity contribution in [1.29, 1.82) is 0 Å². The van der Waals surface area contributed by atoms with Crippen LogP contribution < -0.4 is 0 Å². The molecule has 1 N–H and O–H groups in total. The second kappa shape index (κ2) is 39.6. The first kappa shape index (κ1) is 53.8. The highest BCUT2D eigenvalue weighted by Gasteiger charge is 2.25. The van der Waals surface area contributed by atoms with Gasteiger partial charge in [-0.2, -0.15) is 0 Å². The zero-order chi connectivity index (χ0) is 41.4. The molecule has 0 saturated carbocycles. The zero-order valence-electron chi connectivity index (χ0n) is 37.1. The molecule has 0 radical (unpaired) electrons. The summed E-state index contributed by atoms with van der Waals surface area (Å²) in [6.45, 7) is 4.84. The quantitative estimate of drug-likeness (QED) is 0.0214. The highest BCUT2D eigenvalue weighted by molar-refractivity contribution is 5.71. The summed E-state index contributed by atoms with van der Waals surface area (Å²) in [5.41, 5.74) is 0. The fraction of sp³-hybridized carbons (Fsp3) is 0.851. The van der Waals surface area contributed by atoms with Crippen molar-refractivity contribution in [1.82, 2.24) is 0 Å². The van der Waals surface area contributed by atoms with Crippen molar-refractivity contribution in [2.45, 2.75) is 212 Å². The lowest BCUT2D eigenvalue weighted by molar-refractivity contribution is -0.870. The Morgan fingerprint density at radius 1 is 0.536 bits per heavy atom. The number of unbranched alkanes of at least 4 members (excludes halogenated alkanes) is 23. The molecule has 0 spiro atoms. The molecular weight excluding hydrogens is 707 g/mol. The van der Waals surface area contributed by atoms with Crippen molar-refractivity contribution in [2.24, 2.45) is 0 Å². The van der Waals surface area contributed by atoms with Crippen LogP contribution in [0.5, 0.6) is 0 Å². The number of quaternary nitrogens is 1. The van der Waals surface area contributed by atoms with E-state index in [1.54, 1.807) is 0 Å². The third kappa shape index (κ3) is 40.0. The molecule has 9 heteroatoms. The Bertz CT molecular complexity index is 976. The Balaban J connectivity index is 4.43. The number of carboxylic acids is 1. The summed E-state index contributed by atoms with van der Waals surface area (Å²) < 4.78 is 22.7. The van der Waals surface area contributed by atoms with Gasteiger partial charge in [0, 0.05) is 12.8 Å². The number of allylic oxidation sites excluding steroid dienone is 4. The molecule has 0 aliphatic carbocycles. The predicted octanol–water partition coefficient (Wildman–Crippen LogP) is 12.1. The van der Waals surface area contributed by atoms with E-state index < -0.39 is 24.3 Å². The molecule has 0 aliphatic heterocycles. The van der Waals surface area contributed by atoms with E-state index in [0.29, 0.717) is 23.9 Å². The van der Waals surface area contributed by atoms with Crippen LogP contribution in [0.2, 0.25) is 0 Å². The number of hydrogen-bond donors (Lipinski definition) is 1. The molecule has 2 atom stereocenters. The molecular formula is C47H88NO8+. The molecule has 9 nitrogen and oxygen atoms in total. The van der Waals surface area contributed by atoms with Crippen LogP contribution in [0, 0.1) is 0 Å². The molecule has 56 heavy (non-hydrogen) atoms. The van der Waals surface area contributed by atoms with E-state index in [0.717, 1.165) is 57.8 Å². The van der Waals surface area contributed by atoms with Gasteiger partial charge in [0.25, 0.3) is 6.29 Å². The van der Waals surface area contributed by atoms with Gasteiger partial charge >= 0.3 is 17.9 Å². The molecule has 0 bridgehead atoms. The maximum absolute atomic E-state index is 12.7. The standard InChI is InChI=1S/C47H87NO8/c1-6-8-10-12-14-16-18-20-22-24-25-27-29-31-33-35-37-44(49)54-41-43(42-55-47(46(51)52)53-40-39-48(3,4)5)56-45(50)38-36-34-32-30-28-26-23-21-19-17-15-13-11-9-7-2/h15,17,21,23,43,47H,6-14,16,18-20,22,24-42H2,1-5H3/p+1/b17-15-,23-21-. The molecule has 0 saturated heterocycles. The van der Waals surface area contributed by atoms with Crippen LogP contribution in [-0.2, 0) is 33.3 Å². The lowest BCUT2D eigenvalue weighted by Gasteiger charge is -2.25. The van der Waals surface area contributed by atoms with E-state index in [4.69, 9.17) is 18.9 Å². The van der Waals surface area contributed by atoms with Gasteiger partial charge in [-0.25, -0.2) is 4.79 Å². The van der Waals surface area contributed by atoms with Crippen LogP contribution in [0.1, 0.15) is 200 Å². The smallest absolute Gasteiger partial charge is 0.361 e. The average Bonchev–Trinajstić information content (AvgIpc) is 3.15. The molecule has 0 fully saturated rings. The Labute approximate surface area is 344 Å². The molecule has 0 aliphatic rings. The van der Waals surface area contributed by atoms with E-state index in [-0.39, 0.29) is 32.2 Å². The molecule has 0 rings (SSSR count). The van der Waals surface area contributed by atoms with Gasteiger partial charge in [0.1, 0.15) is 13.2 Å². The molecule has 0 heterocycles. The number of carbonyl (C=O) groups is 3. The number of likely N-dealkylation sites (N-methyl/N-ethyl adjacent to an activating group) is 1. The summed E-state index contributed by atoms with van der Waals surface area (Å²) in [7, 11) is 5.95. The van der Waals surface area contributed by atoms with E-state index in [1.165, 1.54) is 109 Å². The van der Waals surface area contributed by atoms with Crippen molar-refractivity contribution < 1.29 is 42.9 Å². The SMILES string of the molecule is CCCCC/C=C\C/C=C\CCCCCCCC(=O)OC(COC(=O)CCCCCCCCCCCCCCCCCC)COC(OCC[N+](C)(C)C)C(=O)O. The van der Waals surface area contributed by atoms with Gasteiger partial charge in [-0.15, -0.1) is 0 Å². The number of hydrogen-bond acceptors (Lipinski definition) is 7. The molecule has 0 aromatic rings. The number of esters is 2. The van der Waals surface area contributed by atoms with Crippen LogP contribution in [-0.4, -0.2) is 87.4 Å². The van der Waals surface area contributed by atoms with E-state index >= 15 is 0 Å². The monoisotopic (exact) mass is 795 g/mol. The van der Waals surface area contributed by atoms with Gasteiger partial charge < -0.3 is 28.5 Å². The average molecular weight is 795 g/mol. The highest BCUT2D eigenvalue weighted by atomic mass is 16.7. The normalized spacial score (nSPS) is 13.1. The first-order valence-corrected chi connectivity index (χ1v) is 23.0. The van der Waals surface area contributed by atoms with Crippen molar-refractivity contribution in [3.8, 4) is 0 Å². The summed E-state index contributed by atoms with van der Waals surface area (Å²) in [6.07, 6.45) is 39.4. The number of rotatable bonds is 42. The Hall–Kier alpha value is -2.23. The number of carboxylic acid groups (broad SMARTS) is 1. The third-order valence-corrected chi connectivity index (χ3v) is 9.96. The second-order valence-corrected chi connectivity index (χ2v) is 16.7. The highest BCUT2D eigenvalue weighted by Crippen LogP contribution is 2.15. The second-order valence-electron chi connectivity index (χ2n) is 16.7. The molecule has 328 valence electrons. The summed E-state index contributed by atoms with van der Waals surface area (Å²) in [6, 6.07) is 0. The number of aliphatic carboxylic acids is 1. The van der Waals surface area contributed by atoms with Crippen molar-refractivity contribution >= 4 is 17.9 Å². The molecule has 0 amide bonds. The summed E-state index contributed by atoms with van der Waals surface area (Å²) >= 11 is 0. The maximum Gasteiger partial charge on any atom is 0.361 e. The fourth-order valence-corrected chi connectivity index (χ4v) is 6.34. The maximum atomic E-state index is 12.7. The summed E-state index contributed by atoms with van der Waals surface area (Å²) in [4.78, 5) is 37.1. The third-order valence-electron chi connectivity index (χ3n) is 9.96. The van der Waals surface area contributed by atoms with Crippen molar-refractivity contribution in [3.63, 3.8) is 0 Å². The van der Waals surface area contributed by atoms with E-state index in [1.807, 2.05) is 21.1 Å². The summed E-state index contributed by atoms with van der Waals surface area (Å²) in [5, 5.41) is 9.63. The minimum absolute atomic E-state index is 0.184. The number of ether oxygens (including phenoxy) is 4. The minimum Gasteiger partial charge on any atom is -0.477 e. The lowest BCUT2D eigenvalue weighted by Crippen LogP contribution is -2.40. The Kier molecular flexibility index (Phi) is 38.0. The van der Waals surface area contributed by atoms with E-state index in [2.05, 4.69) is 38.2 Å². The lowest BCUT2D eigenvalue weighted by atomic mass is 10.0. The molecule has 0 aromatic heterocycles.